The third-order valence-corrected chi connectivity index (χ3v) is 5.60. The van der Waals surface area contributed by atoms with E-state index >= 15 is 0 Å². The van der Waals surface area contributed by atoms with E-state index < -0.39 is 17.2 Å². The molecule has 0 fully saturated rings. The Morgan fingerprint density at radius 2 is 2.03 bits per heavy atom. The number of carbonyl (C=O) groups excluding carboxylic acids is 1. The smallest absolute Gasteiger partial charge is 0.330 e. The van der Waals surface area contributed by atoms with Crippen LogP contribution in [0.15, 0.2) is 58.1 Å². The van der Waals surface area contributed by atoms with Crippen LogP contribution >= 0.6 is 11.6 Å². The zero-order valence-electron chi connectivity index (χ0n) is 18.8. The predicted molar refractivity (Wildman–Crippen MR) is 132 cm³/mol. The van der Waals surface area contributed by atoms with Crippen molar-refractivity contribution in [1.82, 2.24) is 9.55 Å². The van der Waals surface area contributed by atoms with Crippen molar-refractivity contribution < 1.29 is 19.0 Å². The number of aromatic amines is 1. The largest absolute Gasteiger partial charge is 0.454 e. The van der Waals surface area contributed by atoms with Crippen LogP contribution < -0.4 is 31.4 Å². The number of H-pyrrole nitrogens is 1. The Balaban J connectivity index is 1.73. The molecular formula is C24H23ClN4O6. The molecule has 0 saturated carbocycles. The molecule has 3 N–H and O–H groups in total. The van der Waals surface area contributed by atoms with Gasteiger partial charge in [0.15, 0.2) is 17.2 Å². The highest BCUT2D eigenvalue weighted by Gasteiger charge is 2.24. The highest BCUT2D eigenvalue weighted by atomic mass is 35.5. The van der Waals surface area contributed by atoms with E-state index in [4.69, 9.17) is 31.5 Å². The Hall–Kier alpha value is -4.02. The lowest BCUT2D eigenvalue weighted by atomic mass is 10.1. The van der Waals surface area contributed by atoms with E-state index in [9.17, 15) is 14.4 Å². The maximum absolute atomic E-state index is 13.4. The Morgan fingerprint density at radius 1 is 1.26 bits per heavy atom. The molecule has 0 atom stereocenters. The number of amides is 1. The van der Waals surface area contributed by atoms with Crippen molar-refractivity contribution >= 4 is 35.1 Å². The van der Waals surface area contributed by atoms with Gasteiger partial charge in [-0.05, 0) is 29.3 Å². The van der Waals surface area contributed by atoms with Gasteiger partial charge >= 0.3 is 5.69 Å². The van der Waals surface area contributed by atoms with E-state index in [0.29, 0.717) is 22.1 Å². The number of aromatic nitrogens is 2. The quantitative estimate of drug-likeness (QED) is 0.456. The summed E-state index contributed by atoms with van der Waals surface area (Å²) in [5.41, 5.74) is 5.98. The zero-order chi connectivity index (χ0) is 24.9. The van der Waals surface area contributed by atoms with Crippen LogP contribution in [0.2, 0.25) is 5.02 Å². The second-order valence-corrected chi connectivity index (χ2v) is 8.02. The van der Waals surface area contributed by atoms with E-state index in [1.807, 2.05) is 30.3 Å². The molecule has 1 amide bonds. The molecule has 0 spiro atoms. The normalized spacial score (nSPS) is 12.3. The summed E-state index contributed by atoms with van der Waals surface area (Å²) < 4.78 is 16.9. The number of nitrogens with zero attached hydrogens (tertiary/aromatic N) is 2. The fourth-order valence-corrected chi connectivity index (χ4v) is 3.89. The lowest BCUT2D eigenvalue weighted by Crippen LogP contribution is -2.40. The molecule has 1 aliphatic rings. The van der Waals surface area contributed by atoms with Crippen LogP contribution in [0, 0.1) is 0 Å². The summed E-state index contributed by atoms with van der Waals surface area (Å²) >= 11 is 6.23. The van der Waals surface area contributed by atoms with Crippen LogP contribution in [-0.2, 0) is 22.6 Å². The molecule has 11 heteroatoms. The van der Waals surface area contributed by atoms with Crippen molar-refractivity contribution in [1.29, 1.82) is 0 Å². The lowest BCUT2D eigenvalue weighted by Gasteiger charge is -2.23. The van der Waals surface area contributed by atoms with Crippen molar-refractivity contribution in [3.05, 3.63) is 85.5 Å². The second-order valence-electron chi connectivity index (χ2n) is 7.62. The summed E-state index contributed by atoms with van der Waals surface area (Å²) in [5.74, 6) is 0.242. The number of methoxy groups -OCH3 is 1. The van der Waals surface area contributed by atoms with Crippen molar-refractivity contribution in [3.63, 3.8) is 0 Å². The molecule has 0 radical (unpaired) electrons. The minimum atomic E-state index is -0.773. The molecule has 182 valence electrons. The standard InChI is InChI=1S/C24H23ClN4O6/c1-33-10-9-28-22(26)20(23(31)27-24(28)32)29(13-15-5-3-2-4-6-15)19(30)8-7-16-11-17(25)21-18(12-16)34-14-35-21/h2-8,11-12H,9-10,13-14,26H2,1H3,(H,27,31,32). The van der Waals surface area contributed by atoms with Crippen molar-refractivity contribution in [2.45, 2.75) is 13.1 Å². The number of fused-ring (bicyclic) bond motifs is 1. The van der Waals surface area contributed by atoms with E-state index in [1.54, 1.807) is 18.2 Å². The second kappa shape index (κ2) is 10.5. The van der Waals surface area contributed by atoms with Gasteiger partial charge in [-0.2, -0.15) is 0 Å². The summed E-state index contributed by atoms with van der Waals surface area (Å²) in [5, 5.41) is 0.346. The molecule has 35 heavy (non-hydrogen) atoms. The molecule has 10 nitrogen and oxygen atoms in total. The highest BCUT2D eigenvalue weighted by molar-refractivity contribution is 6.32. The van der Waals surface area contributed by atoms with E-state index in [-0.39, 0.29) is 38.0 Å². The molecular weight excluding hydrogens is 476 g/mol. The maximum atomic E-state index is 13.4. The molecule has 0 aliphatic carbocycles. The SMILES string of the molecule is COCCn1c(N)c(N(Cc2ccccc2)C(=O)C=Cc2cc(Cl)c3c(c2)OCO3)c(=O)[nH]c1=O. The Bertz CT molecular complexity index is 1380. The van der Waals surface area contributed by atoms with Gasteiger partial charge in [-0.25, -0.2) is 4.79 Å². The number of halogens is 1. The first-order chi connectivity index (χ1) is 16.9. The molecule has 1 aromatic heterocycles. The summed E-state index contributed by atoms with van der Waals surface area (Å²) in [6, 6.07) is 12.4. The molecule has 0 unspecified atom stereocenters. The number of carbonyl (C=O) groups is 1. The number of hydrogen-bond acceptors (Lipinski definition) is 7. The van der Waals surface area contributed by atoms with Crippen molar-refractivity contribution in [2.24, 2.45) is 0 Å². The molecule has 0 saturated heterocycles. The van der Waals surface area contributed by atoms with Crippen LogP contribution in [0.3, 0.4) is 0 Å². The Morgan fingerprint density at radius 3 is 2.77 bits per heavy atom. The van der Waals surface area contributed by atoms with Crippen molar-refractivity contribution in [3.8, 4) is 11.5 Å². The fraction of sp³-hybridized carbons (Fsp3) is 0.208. The number of anilines is 2. The molecule has 1 aliphatic heterocycles. The van der Waals surface area contributed by atoms with E-state index in [2.05, 4.69) is 4.98 Å². The molecule has 4 rings (SSSR count). The minimum Gasteiger partial charge on any atom is -0.454 e. The van der Waals surface area contributed by atoms with E-state index in [0.717, 1.165) is 10.1 Å². The number of hydrogen-bond donors (Lipinski definition) is 2. The number of nitrogen functional groups attached to an aromatic ring is 1. The number of nitrogens with two attached hydrogens (primary N) is 1. The van der Waals surface area contributed by atoms with Gasteiger partial charge in [0, 0.05) is 13.2 Å². The zero-order valence-corrected chi connectivity index (χ0v) is 19.6. The molecule has 2 aromatic carbocycles. The molecule has 2 heterocycles. The minimum absolute atomic E-state index is 0.0433. The number of benzene rings is 2. The summed E-state index contributed by atoms with van der Waals surface area (Å²) in [7, 11) is 1.48. The first-order valence-electron chi connectivity index (χ1n) is 10.6. The van der Waals surface area contributed by atoms with Crippen LogP contribution in [-0.4, -0.2) is 36.0 Å². The number of nitrogens with one attached hydrogen (secondary N) is 1. The van der Waals surface area contributed by atoms with E-state index in [1.165, 1.54) is 18.1 Å². The van der Waals surface area contributed by atoms with Crippen LogP contribution in [0.1, 0.15) is 11.1 Å². The average Bonchev–Trinajstić information content (AvgIpc) is 3.32. The van der Waals surface area contributed by atoms with Gasteiger partial charge in [-0.3, -0.25) is 24.0 Å². The fourth-order valence-electron chi connectivity index (χ4n) is 3.62. The Labute approximate surface area is 205 Å². The summed E-state index contributed by atoms with van der Waals surface area (Å²) in [6.07, 6.45) is 2.83. The monoisotopic (exact) mass is 498 g/mol. The van der Waals surface area contributed by atoms with Gasteiger partial charge in [-0.15, -0.1) is 0 Å². The third-order valence-electron chi connectivity index (χ3n) is 5.32. The lowest BCUT2D eigenvalue weighted by molar-refractivity contribution is -0.114. The summed E-state index contributed by atoms with van der Waals surface area (Å²) in [4.78, 5) is 42.0. The van der Waals surface area contributed by atoms with Crippen LogP contribution in [0.4, 0.5) is 11.5 Å². The Kier molecular flexibility index (Phi) is 7.23. The first-order valence-corrected chi connectivity index (χ1v) is 11.0. The van der Waals surface area contributed by atoms with Gasteiger partial charge in [-0.1, -0.05) is 41.9 Å². The van der Waals surface area contributed by atoms with Gasteiger partial charge in [0.05, 0.1) is 24.7 Å². The topological polar surface area (TPSA) is 129 Å². The first kappa shape index (κ1) is 24.1. The van der Waals surface area contributed by atoms with Crippen LogP contribution in [0.5, 0.6) is 11.5 Å². The average molecular weight is 499 g/mol. The summed E-state index contributed by atoms with van der Waals surface area (Å²) in [6.45, 7) is 0.394. The third kappa shape index (κ3) is 5.23. The number of ether oxygens (including phenoxy) is 3. The van der Waals surface area contributed by atoms with Gasteiger partial charge in [0.25, 0.3) is 11.5 Å². The molecule has 0 bridgehead atoms. The predicted octanol–water partition coefficient (Wildman–Crippen LogP) is 2.39. The molecule has 3 aromatic rings. The van der Waals surface area contributed by atoms with Crippen LogP contribution in [0.25, 0.3) is 6.08 Å². The maximum Gasteiger partial charge on any atom is 0.330 e. The van der Waals surface area contributed by atoms with Gasteiger partial charge < -0.3 is 19.9 Å². The van der Waals surface area contributed by atoms with Crippen molar-refractivity contribution in [2.75, 3.05) is 31.1 Å². The van der Waals surface area contributed by atoms with Gasteiger partial charge in [0.1, 0.15) is 5.82 Å². The number of rotatable bonds is 8. The van der Waals surface area contributed by atoms with Gasteiger partial charge in [0.2, 0.25) is 6.79 Å². The highest BCUT2D eigenvalue weighted by Crippen LogP contribution is 2.40.